The van der Waals surface area contributed by atoms with Crippen molar-refractivity contribution in [1.29, 1.82) is 0 Å². The number of hydrogen-bond acceptors (Lipinski definition) is 5. The third-order valence-corrected chi connectivity index (χ3v) is 7.64. The number of methoxy groups -OCH3 is 1. The smallest absolute Gasteiger partial charge is 0.490 e. The Morgan fingerprint density at radius 1 is 1.27 bits per heavy atom. The van der Waals surface area contributed by atoms with Crippen LogP contribution in [-0.2, 0) is 4.79 Å². The van der Waals surface area contributed by atoms with Crippen LogP contribution in [0.2, 0.25) is 5.02 Å². The SMILES string of the molecule is CCC(C)Sc1cc(-c2nc3ccc(Cl)cn3c2NC2CCCCC2)ccc1OC.O=C(O)C(F)(F)F. The van der Waals surface area contributed by atoms with Crippen LogP contribution < -0.4 is 10.1 Å². The zero-order valence-corrected chi connectivity index (χ0v) is 22.5. The van der Waals surface area contributed by atoms with Crippen molar-refractivity contribution < 1.29 is 27.8 Å². The molecule has 2 heterocycles. The van der Waals surface area contributed by atoms with Crippen molar-refractivity contribution in [2.45, 2.75) is 74.7 Å². The number of nitrogens with one attached hydrogen (secondary N) is 1. The van der Waals surface area contributed by atoms with Gasteiger partial charge in [-0.1, -0.05) is 44.7 Å². The summed E-state index contributed by atoms with van der Waals surface area (Å²) in [5, 5.41) is 12.2. The van der Waals surface area contributed by atoms with Crippen LogP contribution >= 0.6 is 23.4 Å². The van der Waals surface area contributed by atoms with Crippen molar-refractivity contribution in [3.8, 4) is 17.0 Å². The third-order valence-electron chi connectivity index (χ3n) is 6.11. The molecule has 0 saturated heterocycles. The number of carboxylic acids is 1. The van der Waals surface area contributed by atoms with E-state index in [9.17, 15) is 13.2 Å². The summed E-state index contributed by atoms with van der Waals surface area (Å²) in [6, 6.07) is 10.7. The molecule has 0 amide bonds. The Morgan fingerprint density at radius 2 is 1.95 bits per heavy atom. The highest BCUT2D eigenvalue weighted by molar-refractivity contribution is 8.00. The molecule has 6 nitrogen and oxygen atoms in total. The minimum absolute atomic E-state index is 0.476. The summed E-state index contributed by atoms with van der Waals surface area (Å²) in [5.41, 5.74) is 2.97. The van der Waals surface area contributed by atoms with Crippen LogP contribution in [0.4, 0.5) is 19.0 Å². The predicted molar refractivity (Wildman–Crippen MR) is 142 cm³/mol. The summed E-state index contributed by atoms with van der Waals surface area (Å²) >= 11 is 8.18. The average Bonchev–Trinajstić information content (AvgIpc) is 3.21. The second-order valence-corrected chi connectivity index (χ2v) is 10.8. The molecule has 0 spiro atoms. The number of aliphatic carboxylic acids is 1. The lowest BCUT2D eigenvalue weighted by Gasteiger charge is -2.24. The predicted octanol–water partition coefficient (Wildman–Crippen LogP) is 7.93. The lowest BCUT2D eigenvalue weighted by Crippen LogP contribution is -2.23. The lowest BCUT2D eigenvalue weighted by atomic mass is 9.95. The fourth-order valence-corrected chi connectivity index (χ4v) is 5.24. The number of imidazole rings is 1. The van der Waals surface area contributed by atoms with Gasteiger partial charge in [0.05, 0.1) is 17.0 Å². The quantitative estimate of drug-likeness (QED) is 0.287. The largest absolute Gasteiger partial charge is 0.496 e. The first-order chi connectivity index (χ1) is 17.5. The molecule has 37 heavy (non-hydrogen) atoms. The van der Waals surface area contributed by atoms with Gasteiger partial charge in [-0.05, 0) is 49.6 Å². The van der Waals surface area contributed by atoms with Crippen molar-refractivity contribution in [1.82, 2.24) is 9.38 Å². The number of hydrogen-bond donors (Lipinski definition) is 2. The maximum absolute atomic E-state index is 10.6. The normalized spacial score (nSPS) is 15.1. The molecule has 11 heteroatoms. The molecule has 1 unspecified atom stereocenters. The molecular weight excluding hydrogens is 527 g/mol. The van der Waals surface area contributed by atoms with Gasteiger partial charge in [-0.2, -0.15) is 13.2 Å². The molecule has 0 radical (unpaired) electrons. The Bertz CT molecular complexity index is 1210. The van der Waals surface area contributed by atoms with Gasteiger partial charge in [0.1, 0.15) is 22.9 Å². The number of halogens is 4. The van der Waals surface area contributed by atoms with Crippen LogP contribution in [0.15, 0.2) is 41.4 Å². The molecule has 2 N–H and O–H groups in total. The molecule has 0 bridgehead atoms. The minimum atomic E-state index is -5.08. The van der Waals surface area contributed by atoms with Gasteiger partial charge in [-0.15, -0.1) is 11.8 Å². The molecule has 0 aliphatic heterocycles. The van der Waals surface area contributed by atoms with E-state index < -0.39 is 12.1 Å². The molecule has 1 atom stereocenters. The molecule has 1 aliphatic rings. The minimum Gasteiger partial charge on any atom is -0.496 e. The number of carbonyl (C=O) groups is 1. The van der Waals surface area contributed by atoms with E-state index in [4.69, 9.17) is 31.2 Å². The molecular formula is C26H31ClF3N3O3S. The van der Waals surface area contributed by atoms with E-state index >= 15 is 0 Å². The number of alkyl halides is 3. The van der Waals surface area contributed by atoms with E-state index in [1.165, 1.54) is 32.1 Å². The summed E-state index contributed by atoms with van der Waals surface area (Å²) < 4.78 is 39.5. The molecule has 3 aromatic rings. The van der Waals surface area contributed by atoms with Crippen LogP contribution in [-0.4, -0.2) is 45.0 Å². The highest BCUT2D eigenvalue weighted by atomic mass is 35.5. The van der Waals surface area contributed by atoms with Crippen LogP contribution in [0.25, 0.3) is 16.9 Å². The number of anilines is 1. The molecule has 4 rings (SSSR count). The summed E-state index contributed by atoms with van der Waals surface area (Å²) in [7, 11) is 1.73. The fourth-order valence-electron chi connectivity index (χ4n) is 4.01. The van der Waals surface area contributed by atoms with E-state index in [1.54, 1.807) is 7.11 Å². The van der Waals surface area contributed by atoms with E-state index in [0.29, 0.717) is 16.3 Å². The number of thioether (sulfide) groups is 1. The average molecular weight is 558 g/mol. The van der Waals surface area contributed by atoms with Gasteiger partial charge in [0, 0.05) is 23.1 Å². The summed E-state index contributed by atoms with van der Waals surface area (Å²) in [5.74, 6) is -0.811. The van der Waals surface area contributed by atoms with Crippen LogP contribution in [0.1, 0.15) is 52.4 Å². The highest BCUT2D eigenvalue weighted by Gasteiger charge is 2.38. The van der Waals surface area contributed by atoms with Crippen molar-refractivity contribution in [3.05, 3.63) is 41.6 Å². The highest BCUT2D eigenvalue weighted by Crippen LogP contribution is 2.39. The number of fused-ring (bicyclic) bond motifs is 1. The van der Waals surface area contributed by atoms with Gasteiger partial charge in [-0.3, -0.25) is 4.40 Å². The van der Waals surface area contributed by atoms with Gasteiger partial charge in [0.2, 0.25) is 0 Å². The maximum Gasteiger partial charge on any atom is 0.490 e. The Kier molecular flexibility index (Phi) is 10.0. The molecule has 1 aromatic carbocycles. The molecule has 2 aromatic heterocycles. The van der Waals surface area contributed by atoms with E-state index in [-0.39, 0.29) is 0 Å². The number of nitrogens with zero attached hydrogens (tertiary/aromatic N) is 2. The first-order valence-electron chi connectivity index (χ1n) is 12.1. The second-order valence-electron chi connectivity index (χ2n) is 8.87. The van der Waals surface area contributed by atoms with E-state index in [2.05, 4.69) is 41.8 Å². The number of pyridine rings is 1. The first-order valence-corrected chi connectivity index (χ1v) is 13.4. The molecule has 1 fully saturated rings. The van der Waals surface area contributed by atoms with E-state index in [1.807, 2.05) is 30.1 Å². The topological polar surface area (TPSA) is 75.9 Å². The first kappa shape index (κ1) is 29.0. The Hall–Kier alpha value is -2.59. The Labute approximate surface area is 223 Å². The van der Waals surface area contributed by atoms with Gasteiger partial charge in [-0.25, -0.2) is 9.78 Å². The summed E-state index contributed by atoms with van der Waals surface area (Å²) in [4.78, 5) is 15.0. The Balaban J connectivity index is 0.000000479. The van der Waals surface area contributed by atoms with Gasteiger partial charge >= 0.3 is 12.1 Å². The Morgan fingerprint density at radius 3 is 2.54 bits per heavy atom. The van der Waals surface area contributed by atoms with Gasteiger partial charge in [0.25, 0.3) is 0 Å². The molecule has 1 saturated carbocycles. The van der Waals surface area contributed by atoms with Gasteiger partial charge in [0.15, 0.2) is 0 Å². The van der Waals surface area contributed by atoms with Crippen molar-refractivity contribution in [3.63, 3.8) is 0 Å². The third kappa shape index (κ3) is 7.70. The van der Waals surface area contributed by atoms with Crippen molar-refractivity contribution in [2.75, 3.05) is 12.4 Å². The number of rotatable bonds is 7. The van der Waals surface area contributed by atoms with Crippen molar-refractivity contribution in [2.24, 2.45) is 0 Å². The van der Waals surface area contributed by atoms with Crippen LogP contribution in [0.3, 0.4) is 0 Å². The summed E-state index contributed by atoms with van der Waals surface area (Å²) in [6.45, 7) is 4.46. The zero-order valence-electron chi connectivity index (χ0n) is 20.9. The van der Waals surface area contributed by atoms with Crippen LogP contribution in [0, 0.1) is 0 Å². The number of ether oxygens (including phenoxy) is 1. The number of benzene rings is 1. The monoisotopic (exact) mass is 557 g/mol. The van der Waals surface area contributed by atoms with Gasteiger partial charge < -0.3 is 15.2 Å². The zero-order chi connectivity index (χ0) is 27.2. The number of carboxylic acid groups (broad SMARTS) is 1. The number of aromatic nitrogens is 2. The van der Waals surface area contributed by atoms with E-state index in [0.717, 1.165) is 39.8 Å². The standard InChI is InChI=1S/C24H30ClN3OS.C2HF3O2/c1-4-16(2)30-21-14-17(10-12-20(21)29-3)23-24(26-19-8-6-5-7-9-19)28-15-18(25)11-13-22(28)27-23;3-2(4,5)1(6)7/h10-16,19,26H,4-9H2,1-3H3;(H,6,7). The maximum atomic E-state index is 10.6. The van der Waals surface area contributed by atoms with Crippen LogP contribution in [0.5, 0.6) is 5.75 Å². The fraction of sp³-hybridized carbons (Fsp3) is 0.462. The molecule has 1 aliphatic carbocycles. The second kappa shape index (κ2) is 12.8. The van der Waals surface area contributed by atoms with Crippen molar-refractivity contribution >= 4 is 40.8 Å². The molecule has 202 valence electrons. The lowest BCUT2D eigenvalue weighted by molar-refractivity contribution is -0.192. The summed E-state index contributed by atoms with van der Waals surface area (Å²) in [6.07, 6.45) is 4.27.